The molecule has 8 heteroatoms. The molecule has 126 valence electrons. The smallest absolute Gasteiger partial charge is 0.207 e. The van der Waals surface area contributed by atoms with E-state index in [0.717, 1.165) is 19.3 Å². The third-order valence-corrected chi connectivity index (χ3v) is 7.49. The SMILES string of the molecule is O=S(=O)(c1cc(C(F)(F)F)ccc1F)N1C[C@@H]2[C@H]3CC[C@@H](C3)[C@@H]21. The molecule has 4 atom stereocenters. The van der Waals surface area contributed by atoms with Gasteiger partial charge in [-0.3, -0.25) is 0 Å². The van der Waals surface area contributed by atoms with E-state index in [0.29, 0.717) is 30.7 Å². The van der Waals surface area contributed by atoms with Crippen LogP contribution in [-0.2, 0) is 16.2 Å². The highest BCUT2D eigenvalue weighted by Crippen LogP contribution is 2.56. The van der Waals surface area contributed by atoms with Crippen molar-refractivity contribution in [1.82, 2.24) is 4.31 Å². The molecular formula is C15H15F4NO2S. The predicted molar refractivity (Wildman–Crippen MR) is 73.4 cm³/mol. The molecule has 1 aromatic rings. The Kier molecular flexibility index (Phi) is 3.14. The topological polar surface area (TPSA) is 37.4 Å². The van der Waals surface area contributed by atoms with E-state index < -0.39 is 32.5 Å². The van der Waals surface area contributed by atoms with Crippen LogP contribution in [0, 0.1) is 23.6 Å². The Morgan fingerprint density at radius 3 is 2.48 bits per heavy atom. The zero-order valence-electron chi connectivity index (χ0n) is 12.1. The van der Waals surface area contributed by atoms with Crippen molar-refractivity contribution in [3.63, 3.8) is 0 Å². The van der Waals surface area contributed by atoms with Crippen molar-refractivity contribution < 1.29 is 26.0 Å². The molecule has 2 bridgehead atoms. The summed E-state index contributed by atoms with van der Waals surface area (Å²) in [6.45, 7) is 0.295. The van der Waals surface area contributed by atoms with Crippen molar-refractivity contribution in [2.45, 2.75) is 36.4 Å². The molecule has 2 aliphatic carbocycles. The molecule has 1 heterocycles. The Labute approximate surface area is 131 Å². The first kappa shape index (κ1) is 15.4. The Morgan fingerprint density at radius 1 is 1.13 bits per heavy atom. The molecule has 0 N–H and O–H groups in total. The number of fused-ring (bicyclic) bond motifs is 5. The summed E-state index contributed by atoms with van der Waals surface area (Å²) in [6.07, 6.45) is -1.69. The molecule has 0 amide bonds. The largest absolute Gasteiger partial charge is 0.416 e. The van der Waals surface area contributed by atoms with Gasteiger partial charge in [-0.15, -0.1) is 0 Å². The summed E-state index contributed by atoms with van der Waals surface area (Å²) in [5.74, 6) is -0.0628. The van der Waals surface area contributed by atoms with Crippen LogP contribution in [0.2, 0.25) is 0 Å². The van der Waals surface area contributed by atoms with E-state index in [1.165, 1.54) is 4.31 Å². The highest BCUT2D eigenvalue weighted by Gasteiger charge is 2.60. The van der Waals surface area contributed by atoms with Crippen LogP contribution in [-0.4, -0.2) is 25.3 Å². The summed E-state index contributed by atoms with van der Waals surface area (Å²) in [4.78, 5) is -0.867. The highest BCUT2D eigenvalue weighted by atomic mass is 32.2. The zero-order valence-corrected chi connectivity index (χ0v) is 12.9. The van der Waals surface area contributed by atoms with Crippen LogP contribution in [0.25, 0.3) is 0 Å². The lowest BCUT2D eigenvalue weighted by molar-refractivity contribution is -0.137. The minimum Gasteiger partial charge on any atom is -0.207 e. The second-order valence-electron chi connectivity index (χ2n) is 6.71. The van der Waals surface area contributed by atoms with Crippen LogP contribution in [0.4, 0.5) is 17.6 Å². The van der Waals surface area contributed by atoms with Gasteiger partial charge in [0, 0.05) is 12.6 Å². The first-order chi connectivity index (χ1) is 10.7. The van der Waals surface area contributed by atoms with E-state index in [1.807, 2.05) is 0 Å². The Morgan fingerprint density at radius 2 is 1.83 bits per heavy atom. The van der Waals surface area contributed by atoms with E-state index in [2.05, 4.69) is 0 Å². The van der Waals surface area contributed by atoms with E-state index in [9.17, 15) is 26.0 Å². The van der Waals surface area contributed by atoms with Gasteiger partial charge in [0.25, 0.3) is 0 Å². The lowest BCUT2D eigenvalue weighted by Gasteiger charge is -2.49. The maximum atomic E-state index is 13.9. The minimum atomic E-state index is -4.71. The maximum absolute atomic E-state index is 13.9. The average molecular weight is 349 g/mol. The molecule has 1 saturated heterocycles. The summed E-state index contributed by atoms with van der Waals surface area (Å²) in [5, 5.41) is 0. The Bertz CT molecular complexity index is 759. The number of nitrogens with zero attached hydrogens (tertiary/aromatic N) is 1. The number of rotatable bonds is 2. The molecule has 3 fully saturated rings. The van der Waals surface area contributed by atoms with Gasteiger partial charge in [0.05, 0.1) is 5.56 Å². The molecule has 0 spiro atoms. The first-order valence-corrected chi connectivity index (χ1v) is 9.02. The van der Waals surface area contributed by atoms with Crippen LogP contribution >= 0.6 is 0 Å². The van der Waals surface area contributed by atoms with Gasteiger partial charge in [0.15, 0.2) is 0 Å². The molecule has 0 aromatic heterocycles. The number of alkyl halides is 3. The average Bonchev–Trinajstić information content (AvgIpc) is 2.93. The van der Waals surface area contributed by atoms with Crippen molar-refractivity contribution in [2.24, 2.45) is 17.8 Å². The van der Waals surface area contributed by atoms with Gasteiger partial charge >= 0.3 is 6.18 Å². The van der Waals surface area contributed by atoms with Gasteiger partial charge < -0.3 is 0 Å². The van der Waals surface area contributed by atoms with E-state index in [-0.39, 0.29) is 17.9 Å². The molecule has 1 aliphatic heterocycles. The van der Waals surface area contributed by atoms with Gasteiger partial charge in [-0.1, -0.05) is 0 Å². The fourth-order valence-electron chi connectivity index (χ4n) is 4.54. The van der Waals surface area contributed by atoms with Crippen LogP contribution in [0.3, 0.4) is 0 Å². The maximum Gasteiger partial charge on any atom is 0.416 e. The standard InChI is InChI=1S/C15H15F4NO2S/c16-12-4-3-10(15(17,18)19)6-13(12)23(21,22)20-7-11-8-1-2-9(5-8)14(11)20/h3-4,6,8-9,11,14H,1-2,5,7H2/t8-,9-,11+,14-/m0/s1. The fraction of sp³-hybridized carbons (Fsp3) is 0.600. The Hall–Kier alpha value is -1.15. The molecule has 3 nitrogen and oxygen atoms in total. The normalized spacial score (nSPS) is 33.6. The minimum absolute atomic E-state index is 0.160. The number of hydrogen-bond acceptors (Lipinski definition) is 2. The molecule has 23 heavy (non-hydrogen) atoms. The summed E-state index contributed by atoms with van der Waals surface area (Å²) >= 11 is 0. The molecule has 2 saturated carbocycles. The van der Waals surface area contributed by atoms with Crippen molar-refractivity contribution in [3.05, 3.63) is 29.6 Å². The predicted octanol–water partition coefficient (Wildman–Crippen LogP) is 3.26. The molecule has 1 aromatic carbocycles. The van der Waals surface area contributed by atoms with Gasteiger partial charge in [0.1, 0.15) is 10.7 Å². The van der Waals surface area contributed by atoms with Gasteiger partial charge in [-0.05, 0) is 55.2 Å². The van der Waals surface area contributed by atoms with E-state index in [1.54, 1.807) is 0 Å². The molecule has 4 rings (SSSR count). The van der Waals surface area contributed by atoms with Gasteiger partial charge in [-0.25, -0.2) is 12.8 Å². The lowest BCUT2D eigenvalue weighted by Crippen LogP contribution is -2.60. The summed E-state index contributed by atoms with van der Waals surface area (Å²) in [7, 11) is -4.23. The fourth-order valence-corrected chi connectivity index (χ4v) is 6.40. The van der Waals surface area contributed by atoms with Crippen LogP contribution in [0.1, 0.15) is 24.8 Å². The highest BCUT2D eigenvalue weighted by molar-refractivity contribution is 7.89. The summed E-state index contributed by atoms with van der Waals surface area (Å²) < 4.78 is 78.8. The van der Waals surface area contributed by atoms with Gasteiger partial charge in [0.2, 0.25) is 10.0 Å². The van der Waals surface area contributed by atoms with Crippen molar-refractivity contribution in [1.29, 1.82) is 0 Å². The quantitative estimate of drug-likeness (QED) is 0.769. The van der Waals surface area contributed by atoms with Crippen molar-refractivity contribution >= 4 is 10.0 Å². The van der Waals surface area contributed by atoms with Crippen molar-refractivity contribution in [2.75, 3.05) is 6.54 Å². The second-order valence-corrected chi connectivity index (χ2v) is 8.56. The third-order valence-electron chi connectivity index (χ3n) is 5.61. The summed E-state index contributed by atoms with van der Waals surface area (Å²) in [5.41, 5.74) is -1.15. The van der Waals surface area contributed by atoms with Crippen molar-refractivity contribution in [3.8, 4) is 0 Å². The number of hydrogen-bond donors (Lipinski definition) is 0. The third kappa shape index (κ3) is 2.14. The van der Waals surface area contributed by atoms with Crippen LogP contribution < -0.4 is 0 Å². The molecule has 3 aliphatic rings. The second kappa shape index (κ2) is 4.69. The van der Waals surface area contributed by atoms with E-state index >= 15 is 0 Å². The Balaban J connectivity index is 1.70. The van der Waals surface area contributed by atoms with Crippen LogP contribution in [0.15, 0.2) is 23.1 Å². The number of benzene rings is 1. The van der Waals surface area contributed by atoms with Gasteiger partial charge in [-0.2, -0.15) is 17.5 Å². The first-order valence-electron chi connectivity index (χ1n) is 7.58. The molecule has 0 radical (unpaired) electrons. The number of halogens is 4. The van der Waals surface area contributed by atoms with Crippen LogP contribution in [0.5, 0.6) is 0 Å². The monoisotopic (exact) mass is 349 g/mol. The van der Waals surface area contributed by atoms with E-state index in [4.69, 9.17) is 0 Å². The lowest BCUT2D eigenvalue weighted by atomic mass is 9.79. The molecular weight excluding hydrogens is 334 g/mol. The molecule has 0 unspecified atom stereocenters. The number of sulfonamides is 1. The summed E-state index contributed by atoms with van der Waals surface area (Å²) in [6, 6.07) is 1.39. The zero-order chi connectivity index (χ0) is 16.6.